The summed E-state index contributed by atoms with van der Waals surface area (Å²) in [6.07, 6.45) is 1.53. The van der Waals surface area contributed by atoms with E-state index < -0.39 is 0 Å². The molecule has 0 radical (unpaired) electrons. The van der Waals surface area contributed by atoms with Gasteiger partial charge in [0.1, 0.15) is 6.10 Å². The fourth-order valence-corrected chi connectivity index (χ4v) is 5.26. The minimum Gasteiger partial charge on any atom is -0.486 e. The molecule has 1 aliphatic carbocycles. The number of amides is 2. The molecule has 2 amide bonds. The molecule has 0 aromatic heterocycles. The van der Waals surface area contributed by atoms with E-state index >= 15 is 0 Å². The Morgan fingerprint density at radius 1 is 1.05 bits per heavy atom. The van der Waals surface area contributed by atoms with Crippen molar-refractivity contribution >= 4 is 17.5 Å². The number of aliphatic hydroxyl groups is 1. The number of hydrogen-bond donors (Lipinski definition) is 2. The number of para-hydroxylation sites is 1. The zero-order valence-electron chi connectivity index (χ0n) is 23.5. The zero-order valence-corrected chi connectivity index (χ0v) is 23.5. The average Bonchev–Trinajstić information content (AvgIpc) is 3.82. The molecule has 3 aromatic carbocycles. The molecule has 2 aliphatic rings. The maximum Gasteiger partial charge on any atom is 0.258 e. The molecule has 0 saturated heterocycles. The summed E-state index contributed by atoms with van der Waals surface area (Å²) < 4.78 is 6.63. The number of nitrogens with one attached hydrogen (secondary N) is 1. The normalized spacial score (nSPS) is 19.8. The van der Waals surface area contributed by atoms with Crippen LogP contribution >= 0.6 is 0 Å². The first-order valence-corrected chi connectivity index (χ1v) is 14.2. The van der Waals surface area contributed by atoms with Crippen LogP contribution < -0.4 is 10.1 Å². The van der Waals surface area contributed by atoms with Crippen LogP contribution in [0.1, 0.15) is 42.6 Å². The first kappa shape index (κ1) is 27.9. The summed E-state index contributed by atoms with van der Waals surface area (Å²) in [6, 6.07) is 23.9. The van der Waals surface area contributed by atoms with Crippen LogP contribution in [0.15, 0.2) is 72.8 Å². The second kappa shape index (κ2) is 12.2. The SMILES string of the molecule is C[C@H](CO)N1C[C@H](C)[C@@H](CN(C)Cc2ccc(-c3ccccc3)cc2)Oc2c(NC(=O)C3CC3)cccc2C1=O. The molecule has 1 saturated carbocycles. The number of anilines is 1. The summed E-state index contributed by atoms with van der Waals surface area (Å²) in [5, 5.41) is 12.9. The van der Waals surface area contributed by atoms with Crippen molar-refractivity contribution in [3.63, 3.8) is 0 Å². The van der Waals surface area contributed by atoms with E-state index in [1.807, 2.05) is 25.1 Å². The van der Waals surface area contributed by atoms with Crippen molar-refractivity contribution in [2.24, 2.45) is 11.8 Å². The van der Waals surface area contributed by atoms with Crippen molar-refractivity contribution in [3.8, 4) is 16.9 Å². The van der Waals surface area contributed by atoms with Crippen LogP contribution in [0.3, 0.4) is 0 Å². The van der Waals surface area contributed by atoms with Gasteiger partial charge in [-0.05, 0) is 55.6 Å². The van der Waals surface area contributed by atoms with Gasteiger partial charge in [0, 0.05) is 31.5 Å². The summed E-state index contributed by atoms with van der Waals surface area (Å²) in [5.41, 5.74) is 4.51. The quantitative estimate of drug-likeness (QED) is 0.396. The van der Waals surface area contributed by atoms with E-state index in [1.165, 1.54) is 16.7 Å². The van der Waals surface area contributed by atoms with Gasteiger partial charge in [0.25, 0.3) is 5.91 Å². The third kappa shape index (κ3) is 6.37. The Morgan fingerprint density at radius 2 is 1.75 bits per heavy atom. The Labute approximate surface area is 236 Å². The summed E-state index contributed by atoms with van der Waals surface area (Å²) in [5.74, 6) is 0.194. The van der Waals surface area contributed by atoms with Gasteiger partial charge in [0.2, 0.25) is 5.91 Å². The van der Waals surface area contributed by atoms with E-state index in [9.17, 15) is 14.7 Å². The van der Waals surface area contributed by atoms with Crippen LogP contribution in [0.4, 0.5) is 5.69 Å². The van der Waals surface area contributed by atoms with Gasteiger partial charge < -0.3 is 20.1 Å². The van der Waals surface area contributed by atoms with Crippen LogP contribution in [-0.2, 0) is 11.3 Å². The van der Waals surface area contributed by atoms with E-state index in [1.54, 1.807) is 23.1 Å². The monoisotopic (exact) mass is 541 g/mol. The number of likely N-dealkylation sites (N-methyl/N-ethyl adjacent to an activating group) is 1. The molecule has 0 bridgehead atoms. The van der Waals surface area contributed by atoms with Crippen LogP contribution in [0.2, 0.25) is 0 Å². The molecule has 3 atom stereocenters. The molecule has 1 fully saturated rings. The maximum atomic E-state index is 13.6. The van der Waals surface area contributed by atoms with Gasteiger partial charge in [-0.1, -0.05) is 67.6 Å². The molecule has 210 valence electrons. The van der Waals surface area contributed by atoms with Gasteiger partial charge in [-0.25, -0.2) is 0 Å². The molecule has 7 nitrogen and oxygen atoms in total. The maximum absolute atomic E-state index is 13.6. The van der Waals surface area contributed by atoms with Gasteiger partial charge in [-0.15, -0.1) is 0 Å². The van der Waals surface area contributed by atoms with Crippen molar-refractivity contribution in [1.82, 2.24) is 9.80 Å². The number of ether oxygens (including phenoxy) is 1. The number of fused-ring (bicyclic) bond motifs is 1. The largest absolute Gasteiger partial charge is 0.486 e. The molecule has 2 N–H and O–H groups in total. The molecular weight excluding hydrogens is 502 g/mol. The highest BCUT2D eigenvalue weighted by Crippen LogP contribution is 2.37. The van der Waals surface area contributed by atoms with E-state index in [2.05, 4.69) is 60.6 Å². The smallest absolute Gasteiger partial charge is 0.258 e. The van der Waals surface area contributed by atoms with E-state index in [0.29, 0.717) is 30.1 Å². The van der Waals surface area contributed by atoms with Crippen molar-refractivity contribution in [1.29, 1.82) is 0 Å². The van der Waals surface area contributed by atoms with Gasteiger partial charge in [0.15, 0.2) is 5.75 Å². The number of carbonyl (C=O) groups excluding carboxylic acids is 2. The summed E-state index contributed by atoms with van der Waals surface area (Å²) in [7, 11) is 2.07. The minimum atomic E-state index is -0.341. The highest BCUT2D eigenvalue weighted by molar-refractivity contribution is 6.02. The number of hydrogen-bond acceptors (Lipinski definition) is 5. The molecule has 1 aliphatic heterocycles. The number of benzene rings is 3. The lowest BCUT2D eigenvalue weighted by atomic mass is 9.98. The highest BCUT2D eigenvalue weighted by Gasteiger charge is 2.36. The number of aliphatic hydroxyl groups excluding tert-OH is 1. The van der Waals surface area contributed by atoms with Gasteiger partial charge in [-0.3, -0.25) is 14.5 Å². The first-order chi connectivity index (χ1) is 19.3. The lowest BCUT2D eigenvalue weighted by molar-refractivity contribution is -0.117. The topological polar surface area (TPSA) is 82.1 Å². The minimum absolute atomic E-state index is 0.0128. The highest BCUT2D eigenvalue weighted by atomic mass is 16.5. The summed E-state index contributed by atoms with van der Waals surface area (Å²) in [6.45, 7) is 5.63. The summed E-state index contributed by atoms with van der Waals surface area (Å²) >= 11 is 0. The van der Waals surface area contributed by atoms with Crippen LogP contribution in [-0.4, -0.2) is 65.6 Å². The average molecular weight is 542 g/mol. The molecular formula is C33H39N3O4. The second-order valence-electron chi connectivity index (χ2n) is 11.3. The number of nitrogens with zero attached hydrogens (tertiary/aromatic N) is 2. The fourth-order valence-electron chi connectivity index (χ4n) is 5.26. The van der Waals surface area contributed by atoms with Crippen molar-refractivity contribution in [2.75, 3.05) is 32.1 Å². The van der Waals surface area contributed by atoms with Gasteiger partial charge in [0.05, 0.1) is 23.9 Å². The molecule has 40 heavy (non-hydrogen) atoms. The second-order valence-corrected chi connectivity index (χ2v) is 11.3. The van der Waals surface area contributed by atoms with E-state index in [0.717, 1.165) is 19.4 Å². The van der Waals surface area contributed by atoms with E-state index in [-0.39, 0.29) is 42.4 Å². The summed E-state index contributed by atoms with van der Waals surface area (Å²) in [4.78, 5) is 30.2. The first-order valence-electron chi connectivity index (χ1n) is 14.2. The molecule has 1 heterocycles. The third-order valence-electron chi connectivity index (χ3n) is 7.90. The Morgan fingerprint density at radius 3 is 2.42 bits per heavy atom. The molecule has 0 spiro atoms. The van der Waals surface area contributed by atoms with Crippen molar-refractivity contribution in [3.05, 3.63) is 83.9 Å². The Hall–Kier alpha value is -3.68. The third-order valence-corrected chi connectivity index (χ3v) is 7.90. The predicted molar refractivity (Wildman–Crippen MR) is 157 cm³/mol. The Balaban J connectivity index is 1.37. The van der Waals surface area contributed by atoms with Crippen molar-refractivity contribution < 1.29 is 19.4 Å². The van der Waals surface area contributed by atoms with Crippen LogP contribution in [0.25, 0.3) is 11.1 Å². The lowest BCUT2D eigenvalue weighted by Crippen LogP contribution is -2.49. The Bertz CT molecular complexity index is 1320. The predicted octanol–water partition coefficient (Wildman–Crippen LogP) is 5.05. The van der Waals surface area contributed by atoms with E-state index in [4.69, 9.17) is 4.74 Å². The van der Waals surface area contributed by atoms with Gasteiger partial charge in [-0.2, -0.15) is 0 Å². The van der Waals surface area contributed by atoms with Crippen molar-refractivity contribution in [2.45, 2.75) is 45.4 Å². The fraction of sp³-hybridized carbons (Fsp3) is 0.394. The van der Waals surface area contributed by atoms with Crippen LogP contribution in [0.5, 0.6) is 5.75 Å². The lowest BCUT2D eigenvalue weighted by Gasteiger charge is -2.38. The van der Waals surface area contributed by atoms with Crippen LogP contribution in [0, 0.1) is 11.8 Å². The Kier molecular flexibility index (Phi) is 8.52. The molecule has 5 rings (SSSR count). The number of carbonyl (C=O) groups is 2. The molecule has 0 unspecified atom stereocenters. The molecule has 3 aromatic rings. The van der Waals surface area contributed by atoms with Gasteiger partial charge >= 0.3 is 0 Å². The number of rotatable bonds is 9. The standard InChI is InChI=1S/C33H39N3O4/c1-22-18-36(23(2)21-37)33(39)28-10-7-11-29(34-32(38)27-16-17-27)31(28)40-30(22)20-35(3)19-24-12-14-26(15-13-24)25-8-5-4-6-9-25/h4-15,22-23,27,30,37H,16-21H2,1-3H3,(H,34,38)/t22-,23+,30+/m0/s1. The molecule has 7 heteroatoms. The zero-order chi connectivity index (χ0) is 28.2.